The lowest BCUT2D eigenvalue weighted by Crippen LogP contribution is -2.44. The molecule has 3 aromatic rings. The summed E-state index contributed by atoms with van der Waals surface area (Å²) in [5.41, 5.74) is 1.63. The van der Waals surface area contributed by atoms with E-state index in [-0.39, 0.29) is 23.0 Å². The van der Waals surface area contributed by atoms with Gasteiger partial charge in [-0.2, -0.15) is 0 Å². The van der Waals surface area contributed by atoms with Crippen molar-refractivity contribution >= 4 is 17.2 Å². The van der Waals surface area contributed by atoms with E-state index in [1.807, 2.05) is 6.07 Å². The summed E-state index contributed by atoms with van der Waals surface area (Å²) in [6.45, 7) is 1.69. The molecule has 2 aromatic carbocycles. The molecule has 1 aliphatic rings. The molecule has 0 atom stereocenters. The van der Waals surface area contributed by atoms with Crippen LogP contribution in [0.4, 0.5) is 8.78 Å². The van der Waals surface area contributed by atoms with E-state index < -0.39 is 0 Å². The molecule has 3 nitrogen and oxygen atoms in total. The van der Waals surface area contributed by atoms with Gasteiger partial charge in [-0.1, -0.05) is 24.3 Å². The van der Waals surface area contributed by atoms with Gasteiger partial charge in [-0.15, -0.1) is 11.3 Å². The van der Waals surface area contributed by atoms with Crippen molar-refractivity contribution in [2.75, 3.05) is 19.8 Å². The van der Waals surface area contributed by atoms with Crippen molar-refractivity contribution in [1.82, 2.24) is 5.32 Å². The minimum atomic E-state index is -0.286. The van der Waals surface area contributed by atoms with Gasteiger partial charge in [-0.3, -0.25) is 4.79 Å². The van der Waals surface area contributed by atoms with Crippen molar-refractivity contribution < 1.29 is 18.3 Å². The van der Waals surface area contributed by atoms with E-state index in [1.165, 1.54) is 35.6 Å². The molecule has 0 spiro atoms. The van der Waals surface area contributed by atoms with Crippen LogP contribution in [0.15, 0.2) is 60.7 Å². The van der Waals surface area contributed by atoms with E-state index in [2.05, 4.69) is 5.32 Å². The van der Waals surface area contributed by atoms with Gasteiger partial charge in [0, 0.05) is 30.1 Å². The first kappa shape index (κ1) is 19.7. The molecule has 1 fully saturated rings. The molecule has 1 aliphatic heterocycles. The number of carbonyl (C=O) groups is 1. The van der Waals surface area contributed by atoms with Crippen LogP contribution in [0.3, 0.4) is 0 Å². The zero-order valence-electron chi connectivity index (χ0n) is 15.8. The van der Waals surface area contributed by atoms with Crippen molar-refractivity contribution in [2.24, 2.45) is 0 Å². The predicted octanol–water partition coefficient (Wildman–Crippen LogP) is 5.17. The maximum atomic E-state index is 13.4. The molecule has 1 amide bonds. The summed E-state index contributed by atoms with van der Waals surface area (Å²) in [7, 11) is 0. The number of ether oxygens (including phenoxy) is 1. The van der Waals surface area contributed by atoms with E-state index in [0.29, 0.717) is 24.6 Å². The number of carbonyl (C=O) groups excluding carboxylic acids is 1. The zero-order valence-corrected chi connectivity index (χ0v) is 16.6. The lowest BCUT2D eigenvalue weighted by Gasteiger charge is -2.38. The number of halogens is 2. The summed E-state index contributed by atoms with van der Waals surface area (Å²) < 4.78 is 32.0. The standard InChI is InChI=1S/C23H21F2NO2S/c24-18-5-1-16(2-6-18)20-9-10-21(29-20)22(27)26-15-23(11-13-28-14-12-23)17-3-7-19(25)8-4-17/h1-10H,11-15H2,(H,26,27). The maximum Gasteiger partial charge on any atom is 0.261 e. The fourth-order valence-electron chi connectivity index (χ4n) is 3.70. The van der Waals surface area contributed by atoms with Crippen LogP contribution in [0.25, 0.3) is 10.4 Å². The fraction of sp³-hybridized carbons (Fsp3) is 0.261. The number of nitrogens with one attached hydrogen (secondary N) is 1. The molecule has 29 heavy (non-hydrogen) atoms. The lowest BCUT2D eigenvalue weighted by atomic mass is 9.74. The maximum absolute atomic E-state index is 13.4. The van der Waals surface area contributed by atoms with Crippen LogP contribution in [-0.4, -0.2) is 25.7 Å². The van der Waals surface area contributed by atoms with Crippen LogP contribution in [0.2, 0.25) is 0 Å². The van der Waals surface area contributed by atoms with Gasteiger partial charge < -0.3 is 10.1 Å². The monoisotopic (exact) mass is 413 g/mol. The first-order chi connectivity index (χ1) is 14.1. The Morgan fingerprint density at radius 1 is 0.931 bits per heavy atom. The topological polar surface area (TPSA) is 38.3 Å². The minimum absolute atomic E-state index is 0.142. The Bertz CT molecular complexity index is 977. The second-order valence-corrected chi connectivity index (χ2v) is 8.34. The molecule has 150 valence electrons. The Balaban J connectivity index is 1.48. The van der Waals surface area contributed by atoms with Crippen LogP contribution in [0.1, 0.15) is 28.1 Å². The highest BCUT2D eigenvalue weighted by Crippen LogP contribution is 2.35. The second kappa shape index (κ2) is 8.43. The summed E-state index contributed by atoms with van der Waals surface area (Å²) in [5.74, 6) is -0.700. The van der Waals surface area contributed by atoms with Crippen molar-refractivity contribution in [2.45, 2.75) is 18.3 Å². The summed E-state index contributed by atoms with van der Waals surface area (Å²) in [6.07, 6.45) is 1.54. The van der Waals surface area contributed by atoms with Crippen molar-refractivity contribution in [3.05, 3.63) is 82.7 Å². The zero-order chi connectivity index (χ0) is 20.3. The van der Waals surface area contributed by atoms with Crippen LogP contribution in [0, 0.1) is 11.6 Å². The summed E-state index contributed by atoms with van der Waals surface area (Å²) >= 11 is 1.37. The number of amides is 1. The van der Waals surface area contributed by atoms with Gasteiger partial charge in [0.15, 0.2) is 0 Å². The second-order valence-electron chi connectivity index (χ2n) is 7.25. The van der Waals surface area contributed by atoms with Crippen LogP contribution >= 0.6 is 11.3 Å². The van der Waals surface area contributed by atoms with Crippen molar-refractivity contribution in [3.8, 4) is 10.4 Å². The first-order valence-electron chi connectivity index (χ1n) is 9.54. The summed E-state index contributed by atoms with van der Waals surface area (Å²) in [6, 6.07) is 16.4. The average molecular weight is 413 g/mol. The van der Waals surface area contributed by atoms with Crippen LogP contribution < -0.4 is 5.32 Å². The fourth-order valence-corrected chi connectivity index (χ4v) is 4.63. The number of thiophene rings is 1. The molecule has 0 radical (unpaired) electrons. The first-order valence-corrected chi connectivity index (χ1v) is 10.4. The van der Waals surface area contributed by atoms with Crippen LogP contribution in [0.5, 0.6) is 0 Å². The highest BCUT2D eigenvalue weighted by Gasteiger charge is 2.35. The SMILES string of the molecule is O=C(NCC1(c2ccc(F)cc2)CCOCC1)c1ccc(-c2ccc(F)cc2)s1. The van der Waals surface area contributed by atoms with Gasteiger partial charge >= 0.3 is 0 Å². The molecular weight excluding hydrogens is 392 g/mol. The minimum Gasteiger partial charge on any atom is -0.381 e. The van der Waals surface area contributed by atoms with E-state index in [1.54, 1.807) is 30.3 Å². The van der Waals surface area contributed by atoms with Gasteiger partial charge in [-0.05, 0) is 60.4 Å². The molecule has 1 saturated heterocycles. The molecule has 0 saturated carbocycles. The molecule has 1 N–H and O–H groups in total. The predicted molar refractivity (Wildman–Crippen MR) is 110 cm³/mol. The van der Waals surface area contributed by atoms with Crippen molar-refractivity contribution in [1.29, 1.82) is 0 Å². The summed E-state index contributed by atoms with van der Waals surface area (Å²) in [5, 5.41) is 3.06. The van der Waals surface area contributed by atoms with Gasteiger partial charge in [0.1, 0.15) is 11.6 Å². The normalized spacial score (nSPS) is 15.8. The van der Waals surface area contributed by atoms with E-state index in [0.717, 1.165) is 28.8 Å². The smallest absolute Gasteiger partial charge is 0.261 e. The summed E-state index contributed by atoms with van der Waals surface area (Å²) in [4.78, 5) is 14.3. The Kier molecular flexibility index (Phi) is 5.74. The average Bonchev–Trinajstić information content (AvgIpc) is 3.24. The molecular formula is C23H21F2NO2S. The molecule has 0 unspecified atom stereocenters. The number of benzene rings is 2. The Morgan fingerprint density at radius 3 is 2.21 bits per heavy atom. The van der Waals surface area contributed by atoms with Crippen molar-refractivity contribution in [3.63, 3.8) is 0 Å². The third-order valence-electron chi connectivity index (χ3n) is 5.45. The van der Waals surface area contributed by atoms with Gasteiger partial charge in [0.25, 0.3) is 5.91 Å². The quantitative estimate of drug-likeness (QED) is 0.627. The number of rotatable bonds is 5. The number of hydrogen-bond acceptors (Lipinski definition) is 3. The Labute approximate surface area is 172 Å². The van der Waals surface area contributed by atoms with E-state index >= 15 is 0 Å². The molecule has 1 aromatic heterocycles. The number of hydrogen-bond donors (Lipinski definition) is 1. The van der Waals surface area contributed by atoms with Gasteiger partial charge in [0.05, 0.1) is 4.88 Å². The van der Waals surface area contributed by atoms with E-state index in [4.69, 9.17) is 4.74 Å². The Morgan fingerprint density at radius 2 is 1.55 bits per heavy atom. The third-order valence-corrected chi connectivity index (χ3v) is 6.59. The molecule has 4 rings (SSSR count). The molecule has 0 aliphatic carbocycles. The Hall–Kier alpha value is -2.57. The highest BCUT2D eigenvalue weighted by atomic mass is 32.1. The van der Waals surface area contributed by atoms with Gasteiger partial charge in [-0.25, -0.2) is 8.78 Å². The lowest BCUT2D eigenvalue weighted by molar-refractivity contribution is 0.0487. The van der Waals surface area contributed by atoms with Gasteiger partial charge in [0.2, 0.25) is 0 Å². The third kappa shape index (κ3) is 4.38. The van der Waals surface area contributed by atoms with E-state index in [9.17, 15) is 13.6 Å². The van der Waals surface area contributed by atoms with Crippen LogP contribution in [-0.2, 0) is 10.2 Å². The molecule has 6 heteroatoms. The molecule has 2 heterocycles. The molecule has 0 bridgehead atoms. The largest absolute Gasteiger partial charge is 0.381 e. The highest BCUT2D eigenvalue weighted by molar-refractivity contribution is 7.17.